The Bertz CT molecular complexity index is 1580. The highest BCUT2D eigenvalue weighted by Gasteiger charge is 2.22. The van der Waals surface area contributed by atoms with Crippen LogP contribution in [0.1, 0.15) is 51.5 Å². The van der Waals surface area contributed by atoms with Crippen molar-refractivity contribution in [3.63, 3.8) is 0 Å². The Morgan fingerprint density at radius 2 is 1.79 bits per heavy atom. The van der Waals surface area contributed by atoms with Gasteiger partial charge in [-0.15, -0.1) is 0 Å². The topological polar surface area (TPSA) is 59.8 Å². The molecule has 0 spiro atoms. The standard InChI is InChI=1S/C31H27ClN4OS/c32-25-14-10-22(11-15-25)20-38-31-35-28-16-17-33-18-29(28)36(31)19-21-8-12-24(13-9-21)30(37)34-27-7-3-5-23-4-1-2-6-26(23)27/h1-2,4,6,8-18,27H,3,5,7,19-20H2,(H,34,37)/t27-/m0/s1. The van der Waals surface area contributed by atoms with Crippen molar-refractivity contribution in [2.24, 2.45) is 0 Å². The third-order valence-electron chi connectivity index (χ3n) is 7.03. The summed E-state index contributed by atoms with van der Waals surface area (Å²) in [7, 11) is 0. The first kappa shape index (κ1) is 24.7. The first-order valence-corrected chi connectivity index (χ1v) is 14.2. The van der Waals surface area contributed by atoms with Gasteiger partial charge in [0.1, 0.15) is 0 Å². The smallest absolute Gasteiger partial charge is 0.251 e. The Morgan fingerprint density at radius 3 is 2.63 bits per heavy atom. The molecule has 5 aromatic rings. The normalized spacial score (nSPS) is 14.8. The zero-order valence-corrected chi connectivity index (χ0v) is 22.4. The fourth-order valence-electron chi connectivity index (χ4n) is 5.03. The predicted molar refractivity (Wildman–Crippen MR) is 154 cm³/mol. The van der Waals surface area contributed by atoms with Gasteiger partial charge in [0.05, 0.1) is 29.8 Å². The number of fused-ring (bicyclic) bond motifs is 2. The molecule has 38 heavy (non-hydrogen) atoms. The number of pyridine rings is 1. The zero-order chi connectivity index (χ0) is 25.9. The Labute approximate surface area is 231 Å². The molecule has 6 rings (SSSR count). The Hall–Kier alpha value is -3.61. The molecule has 1 atom stereocenters. The van der Waals surface area contributed by atoms with E-state index in [2.05, 4.69) is 39.1 Å². The van der Waals surface area contributed by atoms with Crippen molar-refractivity contribution in [2.45, 2.75) is 42.8 Å². The number of thioether (sulfide) groups is 1. The maximum atomic E-state index is 13.1. The number of imidazole rings is 1. The van der Waals surface area contributed by atoms with Crippen molar-refractivity contribution in [3.05, 3.63) is 124 Å². The highest BCUT2D eigenvalue weighted by molar-refractivity contribution is 7.98. The van der Waals surface area contributed by atoms with E-state index in [1.165, 1.54) is 16.7 Å². The molecule has 1 aliphatic rings. The summed E-state index contributed by atoms with van der Waals surface area (Å²) in [5.74, 6) is 0.756. The van der Waals surface area contributed by atoms with E-state index < -0.39 is 0 Å². The minimum absolute atomic E-state index is 0.0326. The van der Waals surface area contributed by atoms with Gasteiger partial charge in [-0.25, -0.2) is 4.98 Å². The van der Waals surface area contributed by atoms with E-state index in [4.69, 9.17) is 16.6 Å². The Kier molecular flexibility index (Phi) is 7.16. The number of nitrogens with zero attached hydrogens (tertiary/aromatic N) is 3. The van der Waals surface area contributed by atoms with Gasteiger partial charge in [-0.1, -0.05) is 71.9 Å². The van der Waals surface area contributed by atoms with Gasteiger partial charge in [0.25, 0.3) is 5.91 Å². The van der Waals surface area contributed by atoms with Gasteiger partial charge in [0.2, 0.25) is 0 Å². The second-order valence-electron chi connectivity index (χ2n) is 9.57. The summed E-state index contributed by atoms with van der Waals surface area (Å²) in [6.07, 6.45) is 6.77. The van der Waals surface area contributed by atoms with Gasteiger partial charge in [0.15, 0.2) is 5.16 Å². The van der Waals surface area contributed by atoms with E-state index in [1.54, 1.807) is 18.0 Å². The number of carbonyl (C=O) groups is 1. The molecule has 2 aromatic heterocycles. The van der Waals surface area contributed by atoms with Crippen LogP contribution in [0.2, 0.25) is 5.02 Å². The second-order valence-corrected chi connectivity index (χ2v) is 11.0. The average molecular weight is 539 g/mol. The Balaban J connectivity index is 1.18. The molecule has 0 aliphatic heterocycles. The number of rotatable bonds is 7. The number of aryl methyl sites for hydroxylation is 1. The van der Waals surface area contributed by atoms with Crippen molar-refractivity contribution < 1.29 is 4.79 Å². The molecule has 2 heterocycles. The molecule has 3 aromatic carbocycles. The van der Waals surface area contributed by atoms with Crippen molar-refractivity contribution in [2.75, 3.05) is 0 Å². The minimum atomic E-state index is -0.0326. The summed E-state index contributed by atoms with van der Waals surface area (Å²) in [5.41, 5.74) is 7.45. The maximum absolute atomic E-state index is 13.1. The molecule has 0 bridgehead atoms. The van der Waals surface area contributed by atoms with Gasteiger partial charge < -0.3 is 9.88 Å². The summed E-state index contributed by atoms with van der Waals surface area (Å²) in [4.78, 5) is 22.3. The van der Waals surface area contributed by atoms with E-state index in [-0.39, 0.29) is 11.9 Å². The Morgan fingerprint density at radius 1 is 1.00 bits per heavy atom. The van der Waals surface area contributed by atoms with Crippen LogP contribution in [-0.2, 0) is 18.7 Å². The SMILES string of the molecule is O=C(N[C@H]1CCCc2ccccc21)c1ccc(Cn2c(SCc3ccc(Cl)cc3)nc3ccncc32)cc1. The summed E-state index contributed by atoms with van der Waals surface area (Å²) in [6.45, 7) is 0.642. The van der Waals surface area contributed by atoms with Gasteiger partial charge in [-0.05, 0) is 71.8 Å². The van der Waals surface area contributed by atoms with Gasteiger partial charge in [0, 0.05) is 22.5 Å². The molecular weight excluding hydrogens is 512 g/mol. The summed E-state index contributed by atoms with van der Waals surface area (Å²) in [6, 6.07) is 26.2. The molecule has 5 nitrogen and oxygen atoms in total. The zero-order valence-electron chi connectivity index (χ0n) is 20.8. The summed E-state index contributed by atoms with van der Waals surface area (Å²) >= 11 is 7.73. The lowest BCUT2D eigenvalue weighted by atomic mass is 9.87. The second kappa shape index (κ2) is 11.0. The van der Waals surface area contributed by atoms with Crippen LogP contribution in [0.15, 0.2) is 96.4 Å². The lowest BCUT2D eigenvalue weighted by molar-refractivity contribution is 0.0932. The first-order chi connectivity index (χ1) is 18.6. The molecule has 1 aliphatic carbocycles. The summed E-state index contributed by atoms with van der Waals surface area (Å²) < 4.78 is 2.19. The number of benzene rings is 3. The highest BCUT2D eigenvalue weighted by Crippen LogP contribution is 2.30. The van der Waals surface area contributed by atoms with Gasteiger partial charge >= 0.3 is 0 Å². The molecule has 1 N–H and O–H groups in total. The molecule has 0 saturated carbocycles. The van der Waals surface area contributed by atoms with E-state index in [0.717, 1.165) is 51.8 Å². The predicted octanol–water partition coefficient (Wildman–Crippen LogP) is 7.23. The number of hydrogen-bond acceptors (Lipinski definition) is 4. The van der Waals surface area contributed by atoms with Crippen LogP contribution in [0, 0.1) is 0 Å². The van der Waals surface area contributed by atoms with Crippen molar-refractivity contribution in [1.29, 1.82) is 0 Å². The van der Waals surface area contributed by atoms with Crippen LogP contribution in [0.3, 0.4) is 0 Å². The van der Waals surface area contributed by atoms with E-state index in [1.807, 2.05) is 60.8 Å². The van der Waals surface area contributed by atoms with E-state index in [0.29, 0.717) is 12.1 Å². The largest absolute Gasteiger partial charge is 0.345 e. The maximum Gasteiger partial charge on any atom is 0.251 e. The fraction of sp³-hybridized carbons (Fsp3) is 0.194. The number of carbonyl (C=O) groups excluding carboxylic acids is 1. The lowest BCUT2D eigenvalue weighted by Crippen LogP contribution is -2.30. The molecule has 0 saturated heterocycles. The molecule has 7 heteroatoms. The van der Waals surface area contributed by atoms with Gasteiger partial charge in [-0.2, -0.15) is 0 Å². The van der Waals surface area contributed by atoms with Crippen molar-refractivity contribution in [3.8, 4) is 0 Å². The first-order valence-electron chi connectivity index (χ1n) is 12.8. The molecule has 190 valence electrons. The molecule has 0 unspecified atom stereocenters. The minimum Gasteiger partial charge on any atom is -0.345 e. The third kappa shape index (κ3) is 5.33. The molecule has 1 amide bonds. The van der Waals surface area contributed by atoms with E-state index in [9.17, 15) is 4.79 Å². The lowest BCUT2D eigenvalue weighted by Gasteiger charge is -2.26. The average Bonchev–Trinajstić information content (AvgIpc) is 3.30. The van der Waals surface area contributed by atoms with Gasteiger partial charge in [-0.3, -0.25) is 9.78 Å². The number of amides is 1. The van der Waals surface area contributed by atoms with Crippen molar-refractivity contribution in [1.82, 2.24) is 19.9 Å². The van der Waals surface area contributed by atoms with Crippen LogP contribution in [-0.4, -0.2) is 20.4 Å². The van der Waals surface area contributed by atoms with Crippen molar-refractivity contribution >= 4 is 40.3 Å². The summed E-state index contributed by atoms with van der Waals surface area (Å²) in [5, 5.41) is 4.92. The number of halogens is 1. The van der Waals surface area contributed by atoms with Crippen LogP contribution in [0.25, 0.3) is 11.0 Å². The highest BCUT2D eigenvalue weighted by atomic mass is 35.5. The number of hydrogen-bond donors (Lipinski definition) is 1. The monoisotopic (exact) mass is 538 g/mol. The van der Waals surface area contributed by atoms with Crippen LogP contribution >= 0.6 is 23.4 Å². The quantitative estimate of drug-likeness (QED) is 0.222. The van der Waals surface area contributed by atoms with Crippen LogP contribution in [0.4, 0.5) is 0 Å². The van der Waals surface area contributed by atoms with E-state index >= 15 is 0 Å². The number of aromatic nitrogens is 3. The molecular formula is C31H27ClN4OS. The van der Waals surface area contributed by atoms with Crippen LogP contribution in [0.5, 0.6) is 0 Å². The van der Waals surface area contributed by atoms with Crippen LogP contribution < -0.4 is 5.32 Å². The fourth-order valence-corrected chi connectivity index (χ4v) is 6.12. The molecule has 0 fully saturated rings. The third-order valence-corrected chi connectivity index (χ3v) is 8.33. The molecule has 0 radical (unpaired) electrons. The number of nitrogens with one attached hydrogen (secondary N) is 1.